The number of hydrogen-bond acceptors (Lipinski definition) is 3. The van der Waals surface area contributed by atoms with Crippen molar-refractivity contribution in [2.45, 2.75) is 6.92 Å². The summed E-state index contributed by atoms with van der Waals surface area (Å²) in [6, 6.07) is 0. The number of rotatable bonds is 2. The van der Waals surface area contributed by atoms with Crippen LogP contribution in [-0.2, 0) is 9.63 Å². The van der Waals surface area contributed by atoms with Gasteiger partial charge in [-0.3, -0.25) is 0 Å². The molecule has 0 fully saturated rings. The second-order valence-electron chi connectivity index (χ2n) is 1.82. The van der Waals surface area contributed by atoms with Crippen LogP contribution in [-0.4, -0.2) is 25.1 Å². The van der Waals surface area contributed by atoms with Crippen molar-refractivity contribution in [1.29, 1.82) is 0 Å². The van der Waals surface area contributed by atoms with Crippen LogP contribution < -0.4 is 0 Å². The van der Waals surface area contributed by atoms with Crippen molar-refractivity contribution in [3.05, 3.63) is 17.9 Å². The molecule has 0 aliphatic carbocycles. The molecule has 0 N–H and O–H groups in total. The Morgan fingerprint density at radius 1 is 1.60 bits per heavy atom. The number of carbonyl (C=O) groups excluding carboxylic acids is 1. The van der Waals surface area contributed by atoms with Crippen molar-refractivity contribution in [2.24, 2.45) is 0 Å². The van der Waals surface area contributed by atoms with Gasteiger partial charge in [0.1, 0.15) is 0 Å². The summed E-state index contributed by atoms with van der Waals surface area (Å²) >= 11 is 0. The molecule has 56 valence electrons. The molecule has 0 aromatic carbocycles. The molecule has 3 heteroatoms. The molecule has 0 spiro atoms. The summed E-state index contributed by atoms with van der Waals surface area (Å²) in [5, 5.41) is 1.33. The van der Waals surface area contributed by atoms with Crippen LogP contribution in [0.1, 0.15) is 6.92 Å². The van der Waals surface area contributed by atoms with Gasteiger partial charge in [-0.15, -0.1) is 10.8 Å². The van der Waals surface area contributed by atoms with E-state index in [1.54, 1.807) is 27.1 Å². The van der Waals surface area contributed by atoms with E-state index in [2.05, 4.69) is 10.6 Å². The summed E-state index contributed by atoms with van der Waals surface area (Å²) in [5.74, 6) is -0.414. The first kappa shape index (κ1) is 8.95. The lowest BCUT2D eigenvalue weighted by atomic mass is 10.5. The molecule has 3 nitrogen and oxygen atoms in total. The lowest BCUT2D eigenvalue weighted by Gasteiger charge is -2.05. The molecular weight excluding hydrogens is 130 g/mol. The van der Waals surface area contributed by atoms with Gasteiger partial charge in [0.2, 0.25) is 0 Å². The number of hydrogen-bond donors (Lipinski definition) is 0. The minimum atomic E-state index is -0.414. The molecule has 0 radical (unpaired) electrons. The summed E-state index contributed by atoms with van der Waals surface area (Å²) in [5.41, 5.74) is 2.60. The molecule has 10 heavy (non-hydrogen) atoms. The van der Waals surface area contributed by atoms with Crippen LogP contribution >= 0.6 is 0 Å². The topological polar surface area (TPSA) is 29.5 Å². The molecule has 0 aliphatic rings. The van der Waals surface area contributed by atoms with Gasteiger partial charge in [0.05, 0.1) is 6.08 Å². The van der Waals surface area contributed by atoms with E-state index in [4.69, 9.17) is 0 Å². The fraction of sp³-hybridized carbons (Fsp3) is 0.429. The van der Waals surface area contributed by atoms with Crippen LogP contribution in [0.3, 0.4) is 0 Å². The van der Waals surface area contributed by atoms with Crippen LogP contribution in [0.4, 0.5) is 0 Å². The van der Waals surface area contributed by atoms with Gasteiger partial charge in [-0.2, -0.15) is 0 Å². The molecule has 0 aliphatic heterocycles. The highest BCUT2D eigenvalue weighted by Gasteiger charge is 1.95. The van der Waals surface area contributed by atoms with E-state index in [-0.39, 0.29) is 0 Å². The van der Waals surface area contributed by atoms with Crippen LogP contribution in [0.5, 0.6) is 0 Å². The smallest absolute Gasteiger partial charge is 0.357 e. The molecule has 0 aromatic rings. The maximum Gasteiger partial charge on any atom is 0.357 e. The van der Waals surface area contributed by atoms with Gasteiger partial charge in [-0.25, -0.2) is 4.79 Å². The fourth-order valence-electron chi connectivity index (χ4n) is 0.358. The molecule has 0 aromatic heterocycles. The van der Waals surface area contributed by atoms with Crippen LogP contribution in [0.2, 0.25) is 0 Å². The van der Waals surface area contributed by atoms with Crippen molar-refractivity contribution in [1.82, 2.24) is 5.06 Å². The molecule has 0 unspecified atom stereocenters. The van der Waals surface area contributed by atoms with E-state index in [0.29, 0.717) is 0 Å². The monoisotopic (exact) mass is 141 g/mol. The number of nitrogens with zero attached hydrogens (tertiary/aromatic N) is 1. The summed E-state index contributed by atoms with van der Waals surface area (Å²) in [7, 11) is 3.28. The Bertz CT molecular complexity index is 166. The van der Waals surface area contributed by atoms with Gasteiger partial charge >= 0.3 is 5.97 Å². The van der Waals surface area contributed by atoms with E-state index < -0.39 is 5.97 Å². The normalized spacial score (nSPS) is 8.40. The Kier molecular flexibility index (Phi) is 4.29. The second kappa shape index (κ2) is 4.79. The standard InChI is InChI=1S/C7H11NO2/c1-4-5-6-7(9)10-8(2)3/h4,6H,1-3H3. The zero-order valence-corrected chi connectivity index (χ0v) is 6.42. The van der Waals surface area contributed by atoms with Gasteiger partial charge in [0.15, 0.2) is 0 Å². The Morgan fingerprint density at radius 2 is 2.20 bits per heavy atom. The zero-order chi connectivity index (χ0) is 7.98. The van der Waals surface area contributed by atoms with Gasteiger partial charge in [0.25, 0.3) is 0 Å². The molecule has 0 saturated heterocycles. The summed E-state index contributed by atoms with van der Waals surface area (Å²) in [6.45, 7) is 1.78. The first-order valence-corrected chi connectivity index (χ1v) is 2.93. The highest BCUT2D eigenvalue weighted by Crippen LogP contribution is 1.81. The van der Waals surface area contributed by atoms with Crippen molar-refractivity contribution in [3.8, 4) is 0 Å². The maximum absolute atomic E-state index is 10.6. The predicted molar refractivity (Wildman–Crippen MR) is 38.1 cm³/mol. The first-order chi connectivity index (χ1) is 4.66. The van der Waals surface area contributed by atoms with Crippen molar-refractivity contribution in [2.75, 3.05) is 14.1 Å². The quantitative estimate of drug-likeness (QED) is 0.322. The fourth-order valence-corrected chi connectivity index (χ4v) is 0.358. The third kappa shape index (κ3) is 5.09. The van der Waals surface area contributed by atoms with Crippen molar-refractivity contribution >= 4 is 5.97 Å². The van der Waals surface area contributed by atoms with E-state index in [9.17, 15) is 4.79 Å². The van der Waals surface area contributed by atoms with E-state index in [0.717, 1.165) is 0 Å². The summed E-state index contributed by atoms with van der Waals surface area (Å²) < 4.78 is 0. The van der Waals surface area contributed by atoms with Crippen molar-refractivity contribution in [3.63, 3.8) is 0 Å². The van der Waals surface area contributed by atoms with Crippen LogP contribution in [0, 0.1) is 0 Å². The second-order valence-corrected chi connectivity index (χ2v) is 1.82. The van der Waals surface area contributed by atoms with Gasteiger partial charge in [-0.1, -0.05) is 0 Å². The highest BCUT2D eigenvalue weighted by molar-refractivity contribution is 5.81. The molecule has 0 atom stereocenters. The SMILES string of the molecule is CC=C=CC(=O)ON(C)C. The number of hydroxylamine groups is 2. The average Bonchev–Trinajstić information content (AvgIpc) is 1.82. The molecule has 0 amide bonds. The molecule has 0 saturated carbocycles. The van der Waals surface area contributed by atoms with Crippen LogP contribution in [0.25, 0.3) is 0 Å². The lowest BCUT2D eigenvalue weighted by molar-refractivity contribution is -0.171. The predicted octanol–water partition coefficient (Wildman–Crippen LogP) is 0.737. The van der Waals surface area contributed by atoms with Gasteiger partial charge < -0.3 is 4.84 Å². The highest BCUT2D eigenvalue weighted by atomic mass is 16.7. The molecule has 0 rings (SSSR count). The maximum atomic E-state index is 10.6. The van der Waals surface area contributed by atoms with Crippen molar-refractivity contribution < 1.29 is 9.63 Å². The summed E-state index contributed by atoms with van der Waals surface area (Å²) in [6.07, 6.45) is 2.87. The van der Waals surface area contributed by atoms with Gasteiger partial charge in [0, 0.05) is 14.1 Å². The molecule has 0 heterocycles. The largest absolute Gasteiger partial charge is 0.364 e. The van der Waals surface area contributed by atoms with Crippen LogP contribution in [0.15, 0.2) is 17.9 Å². The Hall–Kier alpha value is -1.05. The number of carbonyl (C=O) groups is 1. The third-order valence-electron chi connectivity index (χ3n) is 0.640. The molecule has 0 bridgehead atoms. The zero-order valence-electron chi connectivity index (χ0n) is 6.42. The minimum Gasteiger partial charge on any atom is -0.364 e. The molecular formula is C7H11NO2. The first-order valence-electron chi connectivity index (χ1n) is 2.93. The van der Waals surface area contributed by atoms with E-state index >= 15 is 0 Å². The Labute approximate surface area is 60.5 Å². The van der Waals surface area contributed by atoms with E-state index in [1.807, 2.05) is 0 Å². The van der Waals surface area contributed by atoms with E-state index in [1.165, 1.54) is 11.1 Å². The lowest BCUT2D eigenvalue weighted by Crippen LogP contribution is -2.16. The summed E-state index contributed by atoms with van der Waals surface area (Å²) in [4.78, 5) is 15.2. The van der Waals surface area contributed by atoms with Gasteiger partial charge in [-0.05, 0) is 13.0 Å². The minimum absolute atomic E-state index is 0.414. The third-order valence-corrected chi connectivity index (χ3v) is 0.640. The Balaban J connectivity index is 3.76. The Morgan fingerprint density at radius 3 is 2.60 bits per heavy atom. The average molecular weight is 141 g/mol.